The Kier molecular flexibility index (Phi) is 2.92. The summed E-state index contributed by atoms with van der Waals surface area (Å²) in [6, 6.07) is 11.4. The van der Waals surface area contributed by atoms with Crippen LogP contribution in [0.2, 0.25) is 0 Å². The van der Waals surface area contributed by atoms with Crippen LogP contribution in [0.1, 0.15) is 0 Å². The summed E-state index contributed by atoms with van der Waals surface area (Å²) >= 11 is 0. The highest BCUT2D eigenvalue weighted by atomic mass is 16.6. The Balaban J connectivity index is 1.98. The van der Waals surface area contributed by atoms with Crippen LogP contribution in [0.3, 0.4) is 0 Å². The summed E-state index contributed by atoms with van der Waals surface area (Å²) in [6.45, 7) is 0. The van der Waals surface area contributed by atoms with Crippen molar-refractivity contribution in [3.05, 3.63) is 58.8 Å². The molecule has 98 valence electrons. The van der Waals surface area contributed by atoms with E-state index < -0.39 is 4.92 Å². The summed E-state index contributed by atoms with van der Waals surface area (Å²) in [7, 11) is 0. The van der Waals surface area contributed by atoms with Crippen LogP contribution < -0.4 is 0 Å². The van der Waals surface area contributed by atoms with Crippen molar-refractivity contribution < 1.29 is 9.45 Å². The quantitative estimate of drug-likeness (QED) is 0.535. The van der Waals surface area contributed by atoms with Crippen molar-refractivity contribution in [2.24, 2.45) is 0 Å². The third-order valence-electron chi connectivity index (χ3n) is 2.63. The first-order valence-corrected chi connectivity index (χ1v) is 5.74. The van der Waals surface area contributed by atoms with E-state index in [2.05, 4.69) is 15.1 Å². The minimum absolute atomic E-state index is 0.0216. The van der Waals surface area contributed by atoms with E-state index >= 15 is 0 Å². The number of pyridine rings is 1. The summed E-state index contributed by atoms with van der Waals surface area (Å²) in [6.07, 6.45) is 1.62. The Morgan fingerprint density at radius 2 is 2.05 bits per heavy atom. The van der Waals surface area contributed by atoms with E-state index in [1.807, 2.05) is 0 Å². The van der Waals surface area contributed by atoms with E-state index in [-0.39, 0.29) is 17.4 Å². The third-order valence-corrected chi connectivity index (χ3v) is 2.63. The van der Waals surface area contributed by atoms with E-state index in [4.69, 9.17) is 4.52 Å². The second kappa shape index (κ2) is 4.88. The molecular formula is C13H8N4O3. The topological polar surface area (TPSA) is 95.0 Å². The molecular weight excluding hydrogens is 260 g/mol. The van der Waals surface area contributed by atoms with E-state index in [0.29, 0.717) is 11.3 Å². The number of aromatic nitrogens is 3. The molecule has 1 aromatic carbocycles. The SMILES string of the molecule is O=[N+]([O-])c1cccc(-c2noc(-c3ccccn3)n2)c1. The van der Waals surface area contributed by atoms with Crippen LogP contribution in [0.25, 0.3) is 23.0 Å². The summed E-state index contributed by atoms with van der Waals surface area (Å²) < 4.78 is 5.11. The maximum Gasteiger partial charge on any atom is 0.276 e. The predicted octanol–water partition coefficient (Wildman–Crippen LogP) is 2.71. The number of hydrogen-bond acceptors (Lipinski definition) is 6. The maximum atomic E-state index is 10.7. The number of nitrogens with zero attached hydrogens (tertiary/aromatic N) is 4. The number of nitro benzene ring substituents is 1. The fourth-order valence-corrected chi connectivity index (χ4v) is 1.69. The number of hydrogen-bond donors (Lipinski definition) is 0. The first-order valence-electron chi connectivity index (χ1n) is 5.74. The van der Waals surface area contributed by atoms with Crippen molar-refractivity contribution >= 4 is 5.69 Å². The lowest BCUT2D eigenvalue weighted by molar-refractivity contribution is -0.384. The van der Waals surface area contributed by atoms with Gasteiger partial charge in [0.25, 0.3) is 11.6 Å². The van der Waals surface area contributed by atoms with Gasteiger partial charge in [-0.15, -0.1) is 0 Å². The van der Waals surface area contributed by atoms with Gasteiger partial charge in [-0.3, -0.25) is 15.1 Å². The molecule has 3 aromatic rings. The standard InChI is InChI=1S/C13H8N4O3/c18-17(19)10-5-3-4-9(8-10)12-15-13(20-16-12)11-6-1-2-7-14-11/h1-8H. The van der Waals surface area contributed by atoms with Crippen LogP contribution in [0, 0.1) is 10.1 Å². The number of benzene rings is 1. The molecule has 0 bridgehead atoms. The van der Waals surface area contributed by atoms with Gasteiger partial charge >= 0.3 is 0 Å². The number of rotatable bonds is 3. The van der Waals surface area contributed by atoms with Crippen LogP contribution in [0.15, 0.2) is 53.2 Å². The summed E-state index contributed by atoms with van der Waals surface area (Å²) in [5, 5.41) is 14.6. The molecule has 3 rings (SSSR count). The van der Waals surface area contributed by atoms with Crippen molar-refractivity contribution in [2.45, 2.75) is 0 Å². The number of non-ortho nitro benzene ring substituents is 1. The number of nitro groups is 1. The van der Waals surface area contributed by atoms with Gasteiger partial charge < -0.3 is 4.52 Å². The van der Waals surface area contributed by atoms with Crippen molar-refractivity contribution in [1.82, 2.24) is 15.1 Å². The van der Waals surface area contributed by atoms with Crippen LogP contribution >= 0.6 is 0 Å². The third kappa shape index (κ3) is 2.24. The largest absolute Gasteiger partial charge is 0.332 e. The van der Waals surface area contributed by atoms with Gasteiger partial charge in [0.05, 0.1) is 4.92 Å². The monoisotopic (exact) mass is 268 g/mol. The van der Waals surface area contributed by atoms with Crippen LogP contribution in [-0.2, 0) is 0 Å². The van der Waals surface area contributed by atoms with Gasteiger partial charge in [-0.1, -0.05) is 23.4 Å². The summed E-state index contributed by atoms with van der Waals surface area (Å²) in [5.41, 5.74) is 1.05. The minimum Gasteiger partial charge on any atom is -0.332 e. The van der Waals surface area contributed by atoms with E-state index in [1.165, 1.54) is 12.1 Å². The second-order valence-corrected chi connectivity index (χ2v) is 3.95. The highest BCUT2D eigenvalue weighted by molar-refractivity contribution is 5.60. The van der Waals surface area contributed by atoms with Gasteiger partial charge in [0.15, 0.2) is 0 Å². The lowest BCUT2D eigenvalue weighted by atomic mass is 10.2. The zero-order valence-electron chi connectivity index (χ0n) is 10.1. The summed E-state index contributed by atoms with van der Waals surface area (Å²) in [4.78, 5) is 18.6. The van der Waals surface area contributed by atoms with E-state index in [0.717, 1.165) is 0 Å². The molecule has 0 radical (unpaired) electrons. The molecule has 0 saturated heterocycles. The Labute approximate surface area is 113 Å². The zero-order chi connectivity index (χ0) is 13.9. The fraction of sp³-hybridized carbons (Fsp3) is 0. The van der Waals surface area contributed by atoms with Crippen molar-refractivity contribution in [2.75, 3.05) is 0 Å². The smallest absolute Gasteiger partial charge is 0.276 e. The van der Waals surface area contributed by atoms with Gasteiger partial charge in [-0.25, -0.2) is 0 Å². The van der Waals surface area contributed by atoms with Gasteiger partial charge in [0.1, 0.15) is 5.69 Å². The lowest BCUT2D eigenvalue weighted by Gasteiger charge is -1.94. The van der Waals surface area contributed by atoms with Gasteiger partial charge in [0, 0.05) is 23.9 Å². The van der Waals surface area contributed by atoms with Gasteiger partial charge in [0.2, 0.25) is 5.82 Å². The predicted molar refractivity (Wildman–Crippen MR) is 69.6 cm³/mol. The highest BCUT2D eigenvalue weighted by Crippen LogP contribution is 2.23. The molecule has 0 N–H and O–H groups in total. The Morgan fingerprint density at radius 1 is 1.15 bits per heavy atom. The van der Waals surface area contributed by atoms with Crippen LogP contribution in [0.4, 0.5) is 5.69 Å². The Morgan fingerprint density at radius 3 is 2.80 bits per heavy atom. The second-order valence-electron chi connectivity index (χ2n) is 3.95. The molecule has 20 heavy (non-hydrogen) atoms. The zero-order valence-corrected chi connectivity index (χ0v) is 10.1. The first kappa shape index (κ1) is 12.0. The molecule has 7 nitrogen and oxygen atoms in total. The van der Waals surface area contributed by atoms with E-state index in [1.54, 1.807) is 36.5 Å². The molecule has 0 amide bonds. The molecule has 0 aliphatic heterocycles. The molecule has 0 atom stereocenters. The lowest BCUT2D eigenvalue weighted by Crippen LogP contribution is -1.89. The molecule has 0 aliphatic carbocycles. The molecule has 7 heteroatoms. The maximum absolute atomic E-state index is 10.7. The average molecular weight is 268 g/mol. The average Bonchev–Trinajstić information content (AvgIpc) is 2.98. The fourth-order valence-electron chi connectivity index (χ4n) is 1.69. The van der Waals surface area contributed by atoms with Crippen molar-refractivity contribution in [1.29, 1.82) is 0 Å². The molecule has 0 unspecified atom stereocenters. The van der Waals surface area contributed by atoms with Crippen molar-refractivity contribution in [3.63, 3.8) is 0 Å². The molecule has 2 heterocycles. The minimum atomic E-state index is -0.469. The van der Waals surface area contributed by atoms with Gasteiger partial charge in [-0.05, 0) is 12.1 Å². The normalized spacial score (nSPS) is 10.4. The molecule has 2 aromatic heterocycles. The molecule has 0 aliphatic rings. The Hall–Kier alpha value is -3.09. The Bertz CT molecular complexity index is 755. The van der Waals surface area contributed by atoms with Crippen molar-refractivity contribution in [3.8, 4) is 23.0 Å². The first-order chi connectivity index (χ1) is 9.74. The van der Waals surface area contributed by atoms with Crippen LogP contribution in [-0.4, -0.2) is 20.0 Å². The van der Waals surface area contributed by atoms with Crippen LogP contribution in [0.5, 0.6) is 0 Å². The van der Waals surface area contributed by atoms with Gasteiger partial charge in [-0.2, -0.15) is 4.98 Å². The van der Waals surface area contributed by atoms with E-state index in [9.17, 15) is 10.1 Å². The molecule has 0 spiro atoms. The summed E-state index contributed by atoms with van der Waals surface area (Å²) in [5.74, 6) is 0.557. The molecule has 0 saturated carbocycles. The highest BCUT2D eigenvalue weighted by Gasteiger charge is 2.13. The molecule has 0 fully saturated rings.